The molecule has 0 bridgehead atoms. The third kappa shape index (κ3) is 3.97. The van der Waals surface area contributed by atoms with Gasteiger partial charge in [0.1, 0.15) is 0 Å². The summed E-state index contributed by atoms with van der Waals surface area (Å²) in [4.78, 5) is 0. The summed E-state index contributed by atoms with van der Waals surface area (Å²) in [5.41, 5.74) is 0. The van der Waals surface area contributed by atoms with E-state index in [1.165, 1.54) is 32.1 Å². The van der Waals surface area contributed by atoms with Crippen molar-refractivity contribution in [2.45, 2.75) is 52.9 Å². The van der Waals surface area contributed by atoms with Crippen molar-refractivity contribution in [3.05, 3.63) is 12.2 Å². The summed E-state index contributed by atoms with van der Waals surface area (Å²) < 4.78 is 0. The van der Waals surface area contributed by atoms with Crippen molar-refractivity contribution in [3.8, 4) is 0 Å². The van der Waals surface area contributed by atoms with Crippen LogP contribution in [0, 0.1) is 17.8 Å². The molecule has 76 valence electrons. The van der Waals surface area contributed by atoms with Crippen LogP contribution in [0.2, 0.25) is 0 Å². The Morgan fingerprint density at radius 1 is 1.23 bits per heavy atom. The van der Waals surface area contributed by atoms with Crippen LogP contribution in [0.3, 0.4) is 0 Å². The molecule has 0 aromatic carbocycles. The SMILES string of the molecule is CC(C)CCC(C)C1C=CCCC1. The first kappa shape index (κ1) is 10.8. The van der Waals surface area contributed by atoms with Gasteiger partial charge in [0.2, 0.25) is 0 Å². The first-order valence-corrected chi connectivity index (χ1v) is 5.87. The summed E-state index contributed by atoms with van der Waals surface area (Å²) in [6, 6.07) is 0. The Morgan fingerprint density at radius 3 is 2.54 bits per heavy atom. The lowest BCUT2D eigenvalue weighted by atomic mass is 9.82. The monoisotopic (exact) mass is 180 g/mol. The second kappa shape index (κ2) is 5.47. The minimum Gasteiger partial charge on any atom is -0.0882 e. The first-order chi connectivity index (χ1) is 6.20. The fraction of sp³-hybridized carbons (Fsp3) is 0.846. The molecule has 13 heavy (non-hydrogen) atoms. The highest BCUT2D eigenvalue weighted by Gasteiger charge is 2.16. The van der Waals surface area contributed by atoms with Gasteiger partial charge in [0, 0.05) is 0 Å². The highest BCUT2D eigenvalue weighted by Crippen LogP contribution is 2.28. The van der Waals surface area contributed by atoms with Gasteiger partial charge in [0.05, 0.1) is 0 Å². The Morgan fingerprint density at radius 2 is 2.00 bits per heavy atom. The molecular formula is C13H24. The van der Waals surface area contributed by atoms with E-state index >= 15 is 0 Å². The standard InChI is InChI=1S/C13H24/c1-11(2)9-10-12(3)13-7-5-4-6-8-13/h5,7,11-13H,4,6,8-10H2,1-3H3. The number of allylic oxidation sites excluding steroid dienone is 2. The van der Waals surface area contributed by atoms with Gasteiger partial charge in [-0.1, -0.05) is 39.3 Å². The van der Waals surface area contributed by atoms with Crippen LogP contribution in [0.1, 0.15) is 52.9 Å². The van der Waals surface area contributed by atoms with Crippen molar-refractivity contribution in [1.82, 2.24) is 0 Å². The zero-order valence-corrected chi connectivity index (χ0v) is 9.42. The molecule has 0 heteroatoms. The van der Waals surface area contributed by atoms with Gasteiger partial charge in [-0.25, -0.2) is 0 Å². The summed E-state index contributed by atoms with van der Waals surface area (Å²) in [5, 5.41) is 0. The van der Waals surface area contributed by atoms with E-state index in [1.807, 2.05) is 0 Å². The lowest BCUT2D eigenvalue weighted by molar-refractivity contribution is 0.338. The van der Waals surface area contributed by atoms with E-state index in [1.54, 1.807) is 0 Å². The van der Waals surface area contributed by atoms with E-state index in [0.29, 0.717) is 0 Å². The fourth-order valence-electron chi connectivity index (χ4n) is 2.12. The molecule has 1 aliphatic carbocycles. The Kier molecular flexibility index (Phi) is 4.55. The summed E-state index contributed by atoms with van der Waals surface area (Å²) >= 11 is 0. The van der Waals surface area contributed by atoms with Gasteiger partial charge < -0.3 is 0 Å². The second-order valence-electron chi connectivity index (χ2n) is 4.97. The van der Waals surface area contributed by atoms with E-state index in [0.717, 1.165) is 17.8 Å². The van der Waals surface area contributed by atoms with Crippen molar-refractivity contribution in [2.75, 3.05) is 0 Å². The summed E-state index contributed by atoms with van der Waals surface area (Å²) in [7, 11) is 0. The van der Waals surface area contributed by atoms with Crippen LogP contribution >= 0.6 is 0 Å². The van der Waals surface area contributed by atoms with Gasteiger partial charge in [0.25, 0.3) is 0 Å². The molecular weight excluding hydrogens is 156 g/mol. The van der Waals surface area contributed by atoms with Crippen LogP contribution in [0.25, 0.3) is 0 Å². The van der Waals surface area contributed by atoms with E-state index in [4.69, 9.17) is 0 Å². The van der Waals surface area contributed by atoms with Gasteiger partial charge in [-0.2, -0.15) is 0 Å². The third-order valence-corrected chi connectivity index (χ3v) is 3.22. The number of hydrogen-bond donors (Lipinski definition) is 0. The first-order valence-electron chi connectivity index (χ1n) is 5.87. The van der Waals surface area contributed by atoms with Crippen molar-refractivity contribution < 1.29 is 0 Å². The molecule has 2 atom stereocenters. The molecule has 1 aliphatic rings. The van der Waals surface area contributed by atoms with E-state index < -0.39 is 0 Å². The number of rotatable bonds is 4. The highest BCUT2D eigenvalue weighted by molar-refractivity contribution is 4.94. The highest BCUT2D eigenvalue weighted by atomic mass is 14.2. The molecule has 0 aliphatic heterocycles. The maximum absolute atomic E-state index is 2.45. The Labute approximate surface area is 83.4 Å². The fourth-order valence-corrected chi connectivity index (χ4v) is 2.12. The molecule has 0 aromatic heterocycles. The molecule has 0 amide bonds. The van der Waals surface area contributed by atoms with Crippen LogP contribution in [-0.4, -0.2) is 0 Å². The largest absolute Gasteiger partial charge is 0.0882 e. The molecule has 0 spiro atoms. The van der Waals surface area contributed by atoms with Crippen molar-refractivity contribution in [1.29, 1.82) is 0 Å². The van der Waals surface area contributed by atoms with E-state index in [9.17, 15) is 0 Å². The Bertz CT molecular complexity index is 155. The summed E-state index contributed by atoms with van der Waals surface area (Å²) in [5.74, 6) is 2.65. The van der Waals surface area contributed by atoms with Gasteiger partial charge in [-0.15, -0.1) is 0 Å². The molecule has 1 rings (SSSR count). The molecule has 0 radical (unpaired) electrons. The summed E-state index contributed by atoms with van der Waals surface area (Å²) in [6.45, 7) is 7.07. The lowest BCUT2D eigenvalue weighted by Gasteiger charge is -2.24. The Hall–Kier alpha value is -0.260. The molecule has 0 fully saturated rings. The predicted molar refractivity (Wildman–Crippen MR) is 59.7 cm³/mol. The maximum atomic E-state index is 2.45. The topological polar surface area (TPSA) is 0 Å². The Balaban J connectivity index is 2.25. The second-order valence-corrected chi connectivity index (χ2v) is 4.97. The lowest BCUT2D eigenvalue weighted by Crippen LogP contribution is -2.12. The van der Waals surface area contributed by atoms with Crippen LogP contribution in [0.4, 0.5) is 0 Å². The average molecular weight is 180 g/mol. The molecule has 0 heterocycles. The van der Waals surface area contributed by atoms with Crippen molar-refractivity contribution >= 4 is 0 Å². The van der Waals surface area contributed by atoms with Crippen LogP contribution < -0.4 is 0 Å². The zero-order valence-electron chi connectivity index (χ0n) is 9.42. The van der Waals surface area contributed by atoms with Crippen LogP contribution in [0.15, 0.2) is 12.2 Å². The average Bonchev–Trinajstić information content (AvgIpc) is 2.15. The predicted octanol–water partition coefficient (Wildman–Crippen LogP) is 4.42. The molecule has 2 unspecified atom stereocenters. The molecule has 0 saturated carbocycles. The molecule has 0 saturated heterocycles. The molecule has 0 nitrogen and oxygen atoms in total. The minimum atomic E-state index is 0.870. The molecule has 0 aromatic rings. The number of hydrogen-bond acceptors (Lipinski definition) is 0. The van der Waals surface area contributed by atoms with Gasteiger partial charge in [0.15, 0.2) is 0 Å². The maximum Gasteiger partial charge on any atom is -0.0208 e. The summed E-state index contributed by atoms with van der Waals surface area (Å²) in [6.07, 6.45) is 11.8. The van der Waals surface area contributed by atoms with Crippen LogP contribution in [-0.2, 0) is 0 Å². The van der Waals surface area contributed by atoms with Gasteiger partial charge in [-0.05, 0) is 43.4 Å². The van der Waals surface area contributed by atoms with E-state index in [-0.39, 0.29) is 0 Å². The smallest absolute Gasteiger partial charge is 0.0208 e. The minimum absolute atomic E-state index is 0.870. The van der Waals surface area contributed by atoms with E-state index in [2.05, 4.69) is 32.9 Å². The molecule has 0 N–H and O–H groups in total. The van der Waals surface area contributed by atoms with Gasteiger partial charge >= 0.3 is 0 Å². The van der Waals surface area contributed by atoms with Gasteiger partial charge in [-0.3, -0.25) is 0 Å². The van der Waals surface area contributed by atoms with Crippen molar-refractivity contribution in [3.63, 3.8) is 0 Å². The quantitative estimate of drug-likeness (QED) is 0.562. The van der Waals surface area contributed by atoms with Crippen LogP contribution in [0.5, 0.6) is 0 Å². The third-order valence-electron chi connectivity index (χ3n) is 3.22. The normalized spacial score (nSPS) is 25.1. The van der Waals surface area contributed by atoms with Crippen molar-refractivity contribution in [2.24, 2.45) is 17.8 Å². The zero-order chi connectivity index (χ0) is 9.68.